The lowest BCUT2D eigenvalue weighted by atomic mass is 10.2. The molecule has 0 radical (unpaired) electrons. The number of nitrogens with one attached hydrogen (secondary N) is 1. The summed E-state index contributed by atoms with van der Waals surface area (Å²) in [5.41, 5.74) is 1.59. The number of aromatic nitrogens is 2. The van der Waals surface area contributed by atoms with Crippen molar-refractivity contribution in [3.05, 3.63) is 66.5 Å². The number of amides is 1. The summed E-state index contributed by atoms with van der Waals surface area (Å²) in [5, 5.41) is 6.98. The lowest BCUT2D eigenvalue weighted by Crippen LogP contribution is -2.35. The highest BCUT2D eigenvalue weighted by atomic mass is 32.2. The number of nitrogens with zero attached hydrogens (tertiary/aromatic N) is 3. The minimum absolute atomic E-state index is 0.146. The second kappa shape index (κ2) is 9.54. The van der Waals surface area contributed by atoms with Gasteiger partial charge in [-0.3, -0.25) is 4.79 Å². The number of piperidine rings is 1. The Kier molecular flexibility index (Phi) is 6.57. The van der Waals surface area contributed by atoms with Crippen molar-refractivity contribution in [2.24, 2.45) is 0 Å². The summed E-state index contributed by atoms with van der Waals surface area (Å²) in [7, 11) is -3.63. The van der Waals surface area contributed by atoms with Crippen LogP contribution in [0.2, 0.25) is 0 Å². The van der Waals surface area contributed by atoms with Crippen molar-refractivity contribution < 1.29 is 17.9 Å². The molecule has 0 aliphatic carbocycles. The van der Waals surface area contributed by atoms with E-state index in [1.165, 1.54) is 16.4 Å². The SMILES string of the molecule is CCOc1ccc(S(=O)(=O)N2CCCCC2)cc1NC(=O)c1ccc(-n2cccn2)cc1. The lowest BCUT2D eigenvalue weighted by molar-refractivity contribution is 0.102. The number of benzene rings is 2. The maximum absolute atomic E-state index is 13.1. The Morgan fingerprint density at radius 2 is 1.84 bits per heavy atom. The fourth-order valence-corrected chi connectivity index (χ4v) is 5.23. The number of anilines is 1. The fourth-order valence-electron chi connectivity index (χ4n) is 3.68. The minimum atomic E-state index is -3.63. The van der Waals surface area contributed by atoms with E-state index in [0.717, 1.165) is 24.9 Å². The van der Waals surface area contributed by atoms with Gasteiger partial charge in [-0.05, 0) is 68.3 Å². The molecule has 1 saturated heterocycles. The molecule has 1 aliphatic heterocycles. The van der Waals surface area contributed by atoms with Crippen LogP contribution in [0.3, 0.4) is 0 Å². The zero-order valence-corrected chi connectivity index (χ0v) is 18.7. The summed E-state index contributed by atoms with van der Waals surface area (Å²) >= 11 is 0. The molecule has 2 heterocycles. The average molecular weight is 455 g/mol. The molecule has 0 atom stereocenters. The van der Waals surface area contributed by atoms with Crippen LogP contribution in [-0.2, 0) is 10.0 Å². The van der Waals surface area contributed by atoms with Gasteiger partial charge < -0.3 is 10.1 Å². The van der Waals surface area contributed by atoms with Crippen molar-refractivity contribution in [1.82, 2.24) is 14.1 Å². The maximum atomic E-state index is 13.1. The molecule has 0 saturated carbocycles. The number of hydrogen-bond donors (Lipinski definition) is 1. The topological polar surface area (TPSA) is 93.5 Å². The molecule has 0 spiro atoms. The number of carbonyl (C=O) groups excluding carboxylic acids is 1. The van der Waals surface area contributed by atoms with Crippen LogP contribution in [0.1, 0.15) is 36.5 Å². The van der Waals surface area contributed by atoms with Crippen molar-refractivity contribution in [2.75, 3.05) is 25.0 Å². The zero-order valence-electron chi connectivity index (χ0n) is 17.9. The van der Waals surface area contributed by atoms with E-state index in [9.17, 15) is 13.2 Å². The van der Waals surface area contributed by atoms with Gasteiger partial charge in [-0.25, -0.2) is 13.1 Å². The predicted octanol–water partition coefficient (Wildman–Crippen LogP) is 3.70. The first-order chi connectivity index (χ1) is 15.5. The zero-order chi connectivity index (χ0) is 22.6. The van der Waals surface area contributed by atoms with Crippen molar-refractivity contribution in [2.45, 2.75) is 31.1 Å². The fraction of sp³-hybridized carbons (Fsp3) is 0.304. The highest BCUT2D eigenvalue weighted by molar-refractivity contribution is 7.89. The molecular weight excluding hydrogens is 428 g/mol. The molecule has 8 nitrogen and oxygen atoms in total. The van der Waals surface area contributed by atoms with Crippen LogP contribution in [0.25, 0.3) is 5.69 Å². The predicted molar refractivity (Wildman–Crippen MR) is 122 cm³/mol. The van der Waals surface area contributed by atoms with E-state index in [4.69, 9.17) is 4.74 Å². The molecular formula is C23H26N4O4S. The highest BCUT2D eigenvalue weighted by Crippen LogP contribution is 2.30. The molecule has 0 bridgehead atoms. The number of hydrogen-bond acceptors (Lipinski definition) is 5. The Morgan fingerprint density at radius 3 is 2.50 bits per heavy atom. The van der Waals surface area contributed by atoms with Crippen molar-refractivity contribution in [3.8, 4) is 11.4 Å². The van der Waals surface area contributed by atoms with Crippen molar-refractivity contribution >= 4 is 21.6 Å². The Balaban J connectivity index is 1.58. The highest BCUT2D eigenvalue weighted by Gasteiger charge is 2.27. The van der Waals surface area contributed by atoms with E-state index in [1.807, 2.05) is 19.2 Å². The number of sulfonamides is 1. The third-order valence-electron chi connectivity index (χ3n) is 5.35. The summed E-state index contributed by atoms with van der Waals surface area (Å²) < 4.78 is 35.0. The molecule has 168 valence electrons. The van der Waals surface area contributed by atoms with Gasteiger partial charge in [-0.1, -0.05) is 6.42 Å². The molecule has 2 aromatic carbocycles. The van der Waals surface area contributed by atoms with Crippen LogP contribution < -0.4 is 10.1 Å². The van der Waals surface area contributed by atoms with E-state index >= 15 is 0 Å². The second-order valence-electron chi connectivity index (χ2n) is 7.51. The Labute approximate surface area is 187 Å². The summed E-state index contributed by atoms with van der Waals surface area (Å²) in [5.74, 6) is 0.0668. The Bertz CT molecular complexity index is 1170. The minimum Gasteiger partial charge on any atom is -0.492 e. The third-order valence-corrected chi connectivity index (χ3v) is 7.24. The van der Waals surface area contributed by atoms with Crippen molar-refractivity contribution in [1.29, 1.82) is 0 Å². The first-order valence-corrected chi connectivity index (χ1v) is 12.1. The van der Waals surface area contributed by atoms with Gasteiger partial charge >= 0.3 is 0 Å². The molecule has 1 N–H and O–H groups in total. The van der Waals surface area contributed by atoms with Crippen LogP contribution in [0, 0.1) is 0 Å². The van der Waals surface area contributed by atoms with Crippen LogP contribution in [0.15, 0.2) is 65.8 Å². The third kappa shape index (κ3) is 4.68. The van der Waals surface area contributed by atoms with Crippen molar-refractivity contribution in [3.63, 3.8) is 0 Å². The van der Waals surface area contributed by atoms with E-state index in [1.54, 1.807) is 41.2 Å². The summed E-state index contributed by atoms with van der Waals surface area (Å²) in [4.78, 5) is 13.0. The number of rotatable bonds is 7. The Hall–Kier alpha value is -3.17. The van der Waals surface area contributed by atoms with Crippen LogP contribution in [0.4, 0.5) is 5.69 Å². The largest absolute Gasteiger partial charge is 0.492 e. The van der Waals surface area contributed by atoms with Gasteiger partial charge in [0.25, 0.3) is 5.91 Å². The summed E-state index contributed by atoms with van der Waals surface area (Å²) in [6.07, 6.45) is 6.25. The van der Waals surface area contributed by atoms with Crippen LogP contribution >= 0.6 is 0 Å². The van der Waals surface area contributed by atoms with Gasteiger partial charge in [0, 0.05) is 31.0 Å². The number of carbonyl (C=O) groups is 1. The smallest absolute Gasteiger partial charge is 0.255 e. The van der Waals surface area contributed by atoms with Gasteiger partial charge in [0.2, 0.25) is 10.0 Å². The second-order valence-corrected chi connectivity index (χ2v) is 9.45. The summed E-state index contributed by atoms with van der Waals surface area (Å²) in [6.45, 7) is 3.25. The van der Waals surface area contributed by atoms with Crippen LogP contribution in [-0.4, -0.2) is 48.1 Å². The molecule has 9 heteroatoms. The average Bonchev–Trinajstić information content (AvgIpc) is 3.36. The first-order valence-electron chi connectivity index (χ1n) is 10.7. The van der Waals surface area contributed by atoms with Gasteiger partial charge in [0.1, 0.15) is 5.75 Å². The molecule has 1 amide bonds. The van der Waals surface area contributed by atoms with Gasteiger partial charge in [-0.15, -0.1) is 0 Å². The molecule has 0 unspecified atom stereocenters. The van der Waals surface area contributed by atoms with Crippen LogP contribution in [0.5, 0.6) is 5.75 Å². The van der Waals surface area contributed by atoms with E-state index in [-0.39, 0.29) is 10.8 Å². The van der Waals surface area contributed by atoms with E-state index in [0.29, 0.717) is 36.7 Å². The molecule has 1 aromatic heterocycles. The normalized spacial score (nSPS) is 14.8. The van der Waals surface area contributed by atoms with E-state index < -0.39 is 10.0 Å². The molecule has 3 aromatic rings. The maximum Gasteiger partial charge on any atom is 0.255 e. The first kappa shape index (κ1) is 22.0. The molecule has 4 rings (SSSR count). The monoisotopic (exact) mass is 454 g/mol. The molecule has 1 fully saturated rings. The summed E-state index contributed by atoms with van der Waals surface area (Å²) in [6, 6.07) is 13.4. The van der Waals surface area contributed by atoms with Gasteiger partial charge in [0.05, 0.1) is 22.9 Å². The quantitative estimate of drug-likeness (QED) is 0.588. The van der Waals surface area contributed by atoms with E-state index in [2.05, 4.69) is 10.4 Å². The van der Waals surface area contributed by atoms with Gasteiger partial charge in [0.15, 0.2) is 0 Å². The Morgan fingerprint density at radius 1 is 1.09 bits per heavy atom. The molecule has 1 aliphatic rings. The van der Waals surface area contributed by atoms with Gasteiger partial charge in [-0.2, -0.15) is 9.40 Å². The number of ether oxygens (including phenoxy) is 1. The molecule has 32 heavy (non-hydrogen) atoms. The standard InChI is InChI=1S/C23H26N4O4S/c1-2-31-22-12-11-20(32(29,30)26-14-4-3-5-15-26)17-21(22)25-23(28)18-7-9-19(10-8-18)27-16-6-13-24-27/h6-13,16-17H,2-5,14-15H2,1H3,(H,25,28). The lowest BCUT2D eigenvalue weighted by Gasteiger charge is -2.26.